The second kappa shape index (κ2) is 6.90. The van der Waals surface area contributed by atoms with Gasteiger partial charge >= 0.3 is 0 Å². The van der Waals surface area contributed by atoms with Crippen molar-refractivity contribution < 1.29 is 9.90 Å². The first-order valence-electron chi connectivity index (χ1n) is 7.00. The van der Waals surface area contributed by atoms with Crippen LogP contribution in [0.3, 0.4) is 0 Å². The summed E-state index contributed by atoms with van der Waals surface area (Å²) in [7, 11) is 0. The number of rotatable bonds is 5. The number of hydrogen-bond donors (Lipinski definition) is 3. The minimum Gasteiger partial charge on any atom is -0.508 e. The van der Waals surface area contributed by atoms with Crippen molar-refractivity contribution in [2.75, 3.05) is 11.9 Å². The van der Waals surface area contributed by atoms with Crippen LogP contribution in [0.4, 0.5) is 5.69 Å². The van der Waals surface area contributed by atoms with Gasteiger partial charge in [-0.15, -0.1) is 0 Å². The Morgan fingerprint density at radius 2 is 2.05 bits per heavy atom. The second-order valence-electron chi connectivity index (χ2n) is 5.05. The van der Waals surface area contributed by atoms with Gasteiger partial charge in [0.25, 0.3) is 5.91 Å². The summed E-state index contributed by atoms with van der Waals surface area (Å²) < 4.78 is 0. The maximum Gasteiger partial charge on any atom is 0.255 e. The van der Waals surface area contributed by atoms with Crippen LogP contribution in [0, 0.1) is 6.92 Å². The zero-order valence-corrected chi connectivity index (χ0v) is 12.1. The molecule has 0 fully saturated rings. The van der Waals surface area contributed by atoms with Crippen LogP contribution in [-0.2, 0) is 6.42 Å². The van der Waals surface area contributed by atoms with Gasteiger partial charge < -0.3 is 16.2 Å². The van der Waals surface area contributed by atoms with E-state index in [2.05, 4.69) is 5.32 Å². The van der Waals surface area contributed by atoms with E-state index in [4.69, 9.17) is 5.73 Å². The van der Waals surface area contributed by atoms with Crippen LogP contribution >= 0.6 is 0 Å². The van der Waals surface area contributed by atoms with Gasteiger partial charge in [-0.1, -0.05) is 12.1 Å². The molecular formula is C17H20N2O2. The Balaban J connectivity index is 2.12. The summed E-state index contributed by atoms with van der Waals surface area (Å²) in [6.07, 6.45) is 1.83. The Labute approximate surface area is 124 Å². The van der Waals surface area contributed by atoms with Crippen molar-refractivity contribution in [2.45, 2.75) is 19.8 Å². The van der Waals surface area contributed by atoms with Crippen molar-refractivity contribution in [3.63, 3.8) is 0 Å². The van der Waals surface area contributed by atoms with E-state index in [9.17, 15) is 9.90 Å². The molecule has 4 heteroatoms. The maximum absolute atomic E-state index is 12.3. The second-order valence-corrected chi connectivity index (χ2v) is 5.05. The predicted molar refractivity (Wildman–Crippen MR) is 84.6 cm³/mol. The number of benzene rings is 2. The van der Waals surface area contributed by atoms with Gasteiger partial charge in [0.2, 0.25) is 0 Å². The van der Waals surface area contributed by atoms with E-state index in [1.54, 1.807) is 19.1 Å². The molecule has 0 radical (unpaired) electrons. The monoisotopic (exact) mass is 284 g/mol. The number of phenolic OH excluding ortho intramolecular Hbond substituents is 1. The van der Waals surface area contributed by atoms with Crippen LogP contribution < -0.4 is 11.1 Å². The summed E-state index contributed by atoms with van der Waals surface area (Å²) in [5, 5.41) is 12.3. The van der Waals surface area contributed by atoms with Gasteiger partial charge in [-0.3, -0.25) is 4.79 Å². The number of aromatic hydroxyl groups is 1. The summed E-state index contributed by atoms with van der Waals surface area (Å²) in [6.45, 7) is 2.45. The molecule has 0 aromatic heterocycles. The summed E-state index contributed by atoms with van der Waals surface area (Å²) >= 11 is 0. The largest absolute Gasteiger partial charge is 0.508 e. The van der Waals surface area contributed by atoms with Crippen molar-refractivity contribution >= 4 is 11.6 Å². The molecular weight excluding hydrogens is 264 g/mol. The molecule has 0 unspecified atom stereocenters. The van der Waals surface area contributed by atoms with E-state index < -0.39 is 0 Å². The van der Waals surface area contributed by atoms with E-state index in [-0.39, 0.29) is 11.7 Å². The van der Waals surface area contributed by atoms with Gasteiger partial charge in [-0.25, -0.2) is 0 Å². The number of carbonyl (C=O) groups excluding carboxylic acids is 1. The number of nitrogens with two attached hydrogens (primary N) is 1. The van der Waals surface area contributed by atoms with Gasteiger partial charge in [0.05, 0.1) is 0 Å². The highest BCUT2D eigenvalue weighted by molar-refractivity contribution is 6.05. The van der Waals surface area contributed by atoms with Gasteiger partial charge in [-0.05, 0) is 67.8 Å². The molecule has 0 aliphatic heterocycles. The lowest BCUT2D eigenvalue weighted by Gasteiger charge is -2.09. The fraction of sp³-hybridized carbons (Fsp3) is 0.235. The molecule has 0 spiro atoms. The molecule has 1 amide bonds. The molecule has 21 heavy (non-hydrogen) atoms. The van der Waals surface area contributed by atoms with Crippen molar-refractivity contribution in [3.05, 3.63) is 59.2 Å². The van der Waals surface area contributed by atoms with E-state index in [1.807, 2.05) is 24.3 Å². The molecule has 0 aliphatic carbocycles. The fourth-order valence-electron chi connectivity index (χ4n) is 2.21. The molecule has 4 nitrogen and oxygen atoms in total. The van der Waals surface area contributed by atoms with Gasteiger partial charge in [0.1, 0.15) is 5.75 Å². The Morgan fingerprint density at radius 3 is 2.76 bits per heavy atom. The third-order valence-electron chi connectivity index (χ3n) is 3.31. The summed E-state index contributed by atoms with van der Waals surface area (Å²) in [5.74, 6) is -0.0173. The topological polar surface area (TPSA) is 75.3 Å². The van der Waals surface area contributed by atoms with Crippen molar-refractivity contribution in [1.29, 1.82) is 0 Å². The number of anilines is 1. The molecule has 0 atom stereocenters. The van der Waals surface area contributed by atoms with E-state index in [0.29, 0.717) is 12.1 Å². The van der Waals surface area contributed by atoms with Crippen molar-refractivity contribution in [3.8, 4) is 5.75 Å². The average Bonchev–Trinajstić information content (AvgIpc) is 2.45. The zero-order valence-electron chi connectivity index (χ0n) is 12.1. The highest BCUT2D eigenvalue weighted by Crippen LogP contribution is 2.18. The third-order valence-corrected chi connectivity index (χ3v) is 3.31. The molecule has 0 saturated carbocycles. The van der Waals surface area contributed by atoms with Crippen molar-refractivity contribution in [1.82, 2.24) is 0 Å². The lowest BCUT2D eigenvalue weighted by molar-refractivity contribution is 0.102. The first-order valence-corrected chi connectivity index (χ1v) is 7.00. The molecule has 2 aromatic carbocycles. The standard InChI is InChI=1S/C17H20N2O2/c1-12-10-15(20)7-8-16(12)17(21)19-14-6-2-4-13(11-14)5-3-9-18/h2,4,6-8,10-11,20H,3,5,9,18H2,1H3,(H,19,21). The summed E-state index contributed by atoms with van der Waals surface area (Å²) in [4.78, 5) is 12.3. The minimum absolute atomic E-state index is 0.160. The highest BCUT2D eigenvalue weighted by Gasteiger charge is 2.10. The lowest BCUT2D eigenvalue weighted by Crippen LogP contribution is -2.13. The Morgan fingerprint density at radius 1 is 1.24 bits per heavy atom. The maximum atomic E-state index is 12.3. The number of aryl methyl sites for hydroxylation is 2. The number of hydrogen-bond acceptors (Lipinski definition) is 3. The number of phenols is 1. The number of amides is 1. The van der Waals surface area contributed by atoms with Crippen LogP contribution in [0.5, 0.6) is 5.75 Å². The van der Waals surface area contributed by atoms with Gasteiger partial charge in [-0.2, -0.15) is 0 Å². The molecule has 2 rings (SSSR count). The Bertz CT molecular complexity index is 638. The van der Waals surface area contributed by atoms with E-state index in [1.165, 1.54) is 6.07 Å². The molecule has 0 aliphatic rings. The highest BCUT2D eigenvalue weighted by atomic mass is 16.3. The fourth-order valence-corrected chi connectivity index (χ4v) is 2.21. The number of carbonyl (C=O) groups is 1. The molecule has 110 valence electrons. The van der Waals surface area contributed by atoms with Gasteiger partial charge in [0.15, 0.2) is 0 Å². The molecule has 4 N–H and O–H groups in total. The lowest BCUT2D eigenvalue weighted by atomic mass is 10.1. The SMILES string of the molecule is Cc1cc(O)ccc1C(=O)Nc1cccc(CCCN)c1. The molecule has 0 saturated heterocycles. The van der Waals surface area contributed by atoms with E-state index in [0.717, 1.165) is 29.7 Å². The smallest absolute Gasteiger partial charge is 0.255 e. The van der Waals surface area contributed by atoms with Crippen molar-refractivity contribution in [2.24, 2.45) is 5.73 Å². The average molecular weight is 284 g/mol. The third kappa shape index (κ3) is 4.07. The summed E-state index contributed by atoms with van der Waals surface area (Å²) in [6, 6.07) is 12.5. The quantitative estimate of drug-likeness (QED) is 0.790. The normalized spacial score (nSPS) is 10.4. The molecule has 0 heterocycles. The van der Waals surface area contributed by atoms with Crippen LogP contribution in [0.25, 0.3) is 0 Å². The minimum atomic E-state index is -0.177. The van der Waals surface area contributed by atoms with Crippen LogP contribution in [0.2, 0.25) is 0 Å². The van der Waals surface area contributed by atoms with E-state index >= 15 is 0 Å². The Kier molecular flexibility index (Phi) is 4.95. The van der Waals surface area contributed by atoms with Crippen LogP contribution in [0.15, 0.2) is 42.5 Å². The molecule has 2 aromatic rings. The predicted octanol–water partition coefficient (Wildman–Crippen LogP) is 2.84. The van der Waals surface area contributed by atoms with Crippen LogP contribution in [0.1, 0.15) is 27.9 Å². The Hall–Kier alpha value is -2.33. The molecule has 0 bridgehead atoms. The first kappa shape index (κ1) is 15.1. The first-order chi connectivity index (χ1) is 10.1. The van der Waals surface area contributed by atoms with Gasteiger partial charge in [0, 0.05) is 11.3 Å². The zero-order chi connectivity index (χ0) is 15.2. The van der Waals surface area contributed by atoms with Crippen LogP contribution in [-0.4, -0.2) is 17.6 Å². The number of nitrogens with one attached hydrogen (secondary N) is 1. The summed E-state index contributed by atoms with van der Waals surface area (Å²) in [5.41, 5.74) is 8.73.